The van der Waals surface area contributed by atoms with Crippen LogP contribution in [0.25, 0.3) is 0 Å². The molecule has 2 rings (SSSR count). The van der Waals surface area contributed by atoms with Crippen LogP contribution in [0, 0.1) is 19.8 Å². The summed E-state index contributed by atoms with van der Waals surface area (Å²) in [4.78, 5) is 0. The molecule has 1 aromatic carbocycles. The summed E-state index contributed by atoms with van der Waals surface area (Å²) < 4.78 is 29.4. The molecule has 106 valence electrons. The van der Waals surface area contributed by atoms with Crippen LogP contribution in [-0.4, -0.2) is 14.2 Å². The predicted octanol–water partition coefficient (Wildman–Crippen LogP) is 3.59. The number of aryl methyl sites for hydroxylation is 2. The molecule has 0 aromatic heterocycles. The maximum absolute atomic E-state index is 12.1. The van der Waals surface area contributed by atoms with E-state index in [1.165, 1.54) is 6.42 Å². The van der Waals surface area contributed by atoms with Crippen molar-refractivity contribution in [3.63, 3.8) is 0 Å². The van der Waals surface area contributed by atoms with E-state index in [-0.39, 0.29) is 11.7 Å². The first-order valence-electron chi connectivity index (χ1n) is 6.95. The first-order chi connectivity index (χ1) is 8.94. The Bertz CT molecular complexity index is 508. The van der Waals surface area contributed by atoms with Crippen molar-refractivity contribution in [1.29, 1.82) is 0 Å². The monoisotopic (exact) mass is 282 g/mol. The van der Waals surface area contributed by atoms with Gasteiger partial charge in [-0.3, -0.25) is 0 Å². The minimum absolute atomic E-state index is 0.153. The van der Waals surface area contributed by atoms with Gasteiger partial charge in [0.25, 0.3) is 0 Å². The predicted molar refractivity (Wildman–Crippen MR) is 76.9 cm³/mol. The highest BCUT2D eigenvalue weighted by Gasteiger charge is 2.22. The van der Waals surface area contributed by atoms with Gasteiger partial charge in [-0.1, -0.05) is 25.3 Å². The zero-order valence-electron chi connectivity index (χ0n) is 11.7. The fraction of sp³-hybridized carbons (Fsp3) is 0.600. The van der Waals surface area contributed by atoms with E-state index < -0.39 is 10.1 Å². The molecular formula is C15H22O3S. The van der Waals surface area contributed by atoms with Crippen LogP contribution in [0.2, 0.25) is 0 Å². The summed E-state index contributed by atoms with van der Waals surface area (Å²) in [5.41, 5.74) is 2.03. The summed E-state index contributed by atoms with van der Waals surface area (Å²) in [5.74, 6) is 0.859. The number of rotatable bonds is 4. The third-order valence-electron chi connectivity index (χ3n) is 3.58. The Hall–Kier alpha value is -1.03. The highest BCUT2D eigenvalue weighted by atomic mass is 32.2. The molecule has 1 fully saturated rings. The largest absolute Gasteiger partial charge is 0.382 e. The van der Waals surface area contributed by atoms with Gasteiger partial charge in [0.2, 0.25) is 0 Å². The lowest BCUT2D eigenvalue weighted by molar-refractivity contribution is 0.375. The van der Waals surface area contributed by atoms with Crippen molar-refractivity contribution in [2.45, 2.75) is 46.0 Å². The summed E-state index contributed by atoms with van der Waals surface area (Å²) in [7, 11) is -3.47. The van der Waals surface area contributed by atoms with Gasteiger partial charge in [0.1, 0.15) is 5.75 Å². The molecule has 1 aromatic rings. The fourth-order valence-electron chi connectivity index (χ4n) is 2.80. The molecule has 4 heteroatoms. The third kappa shape index (κ3) is 4.53. The van der Waals surface area contributed by atoms with E-state index in [2.05, 4.69) is 0 Å². The molecule has 0 N–H and O–H groups in total. The Kier molecular flexibility index (Phi) is 4.50. The van der Waals surface area contributed by atoms with Crippen LogP contribution in [0.4, 0.5) is 0 Å². The SMILES string of the molecule is Cc1cc(C)cc(OS(=O)(=O)CC2CCCCC2)c1. The summed E-state index contributed by atoms with van der Waals surface area (Å²) in [6.45, 7) is 3.88. The van der Waals surface area contributed by atoms with Gasteiger partial charge in [-0.25, -0.2) is 0 Å². The first kappa shape index (κ1) is 14.4. The molecule has 0 heterocycles. The first-order valence-corrected chi connectivity index (χ1v) is 8.53. The topological polar surface area (TPSA) is 43.4 Å². The maximum atomic E-state index is 12.1. The van der Waals surface area contributed by atoms with E-state index in [1.807, 2.05) is 19.9 Å². The maximum Gasteiger partial charge on any atom is 0.309 e. The molecule has 0 bridgehead atoms. The van der Waals surface area contributed by atoms with Crippen LogP contribution < -0.4 is 4.18 Å². The quantitative estimate of drug-likeness (QED) is 0.793. The Morgan fingerprint density at radius 3 is 2.21 bits per heavy atom. The second-order valence-corrected chi connectivity index (χ2v) is 7.25. The molecule has 0 atom stereocenters. The molecule has 0 saturated heterocycles. The standard InChI is InChI=1S/C15H22O3S/c1-12-8-13(2)10-15(9-12)18-19(16,17)11-14-6-4-3-5-7-14/h8-10,14H,3-7,11H2,1-2H3. The van der Waals surface area contributed by atoms with Crippen molar-refractivity contribution >= 4 is 10.1 Å². The van der Waals surface area contributed by atoms with Gasteiger partial charge < -0.3 is 4.18 Å². The summed E-state index contributed by atoms with van der Waals surface area (Å²) >= 11 is 0. The minimum Gasteiger partial charge on any atom is -0.382 e. The van der Waals surface area contributed by atoms with Gasteiger partial charge in [0.05, 0.1) is 5.75 Å². The molecule has 1 aliphatic carbocycles. The molecule has 0 amide bonds. The number of hydrogen-bond acceptors (Lipinski definition) is 3. The molecule has 0 radical (unpaired) electrons. The third-order valence-corrected chi connectivity index (χ3v) is 4.91. The van der Waals surface area contributed by atoms with Crippen LogP contribution in [0.5, 0.6) is 5.75 Å². The van der Waals surface area contributed by atoms with Crippen LogP contribution in [0.15, 0.2) is 18.2 Å². The zero-order valence-corrected chi connectivity index (χ0v) is 12.5. The van der Waals surface area contributed by atoms with E-state index in [1.54, 1.807) is 12.1 Å². The van der Waals surface area contributed by atoms with Crippen LogP contribution in [0.3, 0.4) is 0 Å². The fourth-order valence-corrected chi connectivity index (χ4v) is 4.17. The molecular weight excluding hydrogens is 260 g/mol. The number of benzene rings is 1. The summed E-state index contributed by atoms with van der Waals surface area (Å²) in [6.07, 6.45) is 5.53. The Morgan fingerprint density at radius 2 is 1.63 bits per heavy atom. The highest BCUT2D eigenvalue weighted by Crippen LogP contribution is 2.26. The Balaban J connectivity index is 2.03. The van der Waals surface area contributed by atoms with Crippen molar-refractivity contribution in [2.75, 3.05) is 5.75 Å². The van der Waals surface area contributed by atoms with Crippen molar-refractivity contribution < 1.29 is 12.6 Å². The molecule has 1 aliphatic rings. The minimum atomic E-state index is -3.47. The van der Waals surface area contributed by atoms with E-state index >= 15 is 0 Å². The molecule has 0 aliphatic heterocycles. The Labute approximate surface area is 116 Å². The number of hydrogen-bond donors (Lipinski definition) is 0. The van der Waals surface area contributed by atoms with Gasteiger partial charge in [0.15, 0.2) is 0 Å². The lowest BCUT2D eigenvalue weighted by atomic mass is 9.91. The summed E-state index contributed by atoms with van der Waals surface area (Å²) in [5, 5.41) is 0. The van der Waals surface area contributed by atoms with Gasteiger partial charge in [0, 0.05) is 0 Å². The van der Waals surface area contributed by atoms with Crippen LogP contribution in [-0.2, 0) is 10.1 Å². The zero-order chi connectivity index (χ0) is 13.9. The van der Waals surface area contributed by atoms with E-state index in [9.17, 15) is 8.42 Å². The van der Waals surface area contributed by atoms with Crippen LogP contribution in [0.1, 0.15) is 43.2 Å². The average molecular weight is 282 g/mol. The molecule has 0 spiro atoms. The van der Waals surface area contributed by atoms with Crippen LogP contribution >= 0.6 is 0 Å². The van der Waals surface area contributed by atoms with E-state index in [0.29, 0.717) is 5.75 Å². The molecule has 3 nitrogen and oxygen atoms in total. The van der Waals surface area contributed by atoms with Gasteiger partial charge in [-0.15, -0.1) is 0 Å². The second-order valence-electron chi connectivity index (χ2n) is 5.64. The smallest absolute Gasteiger partial charge is 0.309 e. The Morgan fingerprint density at radius 1 is 1.05 bits per heavy atom. The van der Waals surface area contributed by atoms with E-state index in [0.717, 1.165) is 36.8 Å². The van der Waals surface area contributed by atoms with E-state index in [4.69, 9.17) is 4.18 Å². The van der Waals surface area contributed by atoms with Crippen molar-refractivity contribution in [3.05, 3.63) is 29.3 Å². The normalized spacial score (nSPS) is 17.4. The molecule has 0 unspecified atom stereocenters. The molecule has 19 heavy (non-hydrogen) atoms. The second kappa shape index (κ2) is 5.95. The van der Waals surface area contributed by atoms with Crippen molar-refractivity contribution in [2.24, 2.45) is 5.92 Å². The lowest BCUT2D eigenvalue weighted by Crippen LogP contribution is -2.22. The van der Waals surface area contributed by atoms with Crippen molar-refractivity contribution in [3.8, 4) is 5.75 Å². The van der Waals surface area contributed by atoms with Gasteiger partial charge in [-0.2, -0.15) is 8.42 Å². The highest BCUT2D eigenvalue weighted by molar-refractivity contribution is 7.87. The van der Waals surface area contributed by atoms with Gasteiger partial charge >= 0.3 is 10.1 Å². The van der Waals surface area contributed by atoms with Gasteiger partial charge in [-0.05, 0) is 55.9 Å². The summed E-state index contributed by atoms with van der Waals surface area (Å²) in [6, 6.07) is 5.54. The lowest BCUT2D eigenvalue weighted by Gasteiger charge is -2.21. The average Bonchev–Trinajstić information content (AvgIpc) is 2.27. The molecule has 1 saturated carbocycles. The van der Waals surface area contributed by atoms with Crippen molar-refractivity contribution in [1.82, 2.24) is 0 Å².